The fraction of sp³-hybridized carbons (Fsp3) is 0.286. The van der Waals surface area contributed by atoms with Crippen molar-refractivity contribution in [3.63, 3.8) is 0 Å². The van der Waals surface area contributed by atoms with E-state index in [1.807, 2.05) is 6.92 Å². The van der Waals surface area contributed by atoms with Gasteiger partial charge in [0, 0.05) is 5.69 Å². The third-order valence-corrected chi connectivity index (χ3v) is 3.02. The summed E-state index contributed by atoms with van der Waals surface area (Å²) < 4.78 is 6.61. The first kappa shape index (κ1) is 15.5. The minimum atomic E-state index is -0.525. The Morgan fingerprint density at radius 2 is 2.09 bits per heavy atom. The van der Waals surface area contributed by atoms with Crippen LogP contribution in [0.2, 0.25) is 0 Å². The van der Waals surface area contributed by atoms with Crippen LogP contribution in [0.15, 0.2) is 30.5 Å². The zero-order valence-electron chi connectivity index (χ0n) is 12.3. The van der Waals surface area contributed by atoms with Crippen molar-refractivity contribution in [1.82, 2.24) is 9.78 Å². The van der Waals surface area contributed by atoms with Crippen LogP contribution in [0.25, 0.3) is 0 Å². The summed E-state index contributed by atoms with van der Waals surface area (Å²) in [5.41, 5.74) is 0.855. The Labute approximate surface area is 126 Å². The van der Waals surface area contributed by atoms with Crippen molar-refractivity contribution >= 4 is 17.3 Å². The van der Waals surface area contributed by atoms with Crippen molar-refractivity contribution in [2.45, 2.75) is 20.4 Å². The predicted octanol–water partition coefficient (Wildman–Crippen LogP) is 2.14. The van der Waals surface area contributed by atoms with E-state index >= 15 is 0 Å². The topological polar surface area (TPSA) is 99.3 Å². The Balaban J connectivity index is 1.99. The number of hydrogen-bond acceptors (Lipinski definition) is 5. The van der Waals surface area contributed by atoms with Gasteiger partial charge in [0.05, 0.1) is 11.5 Å². The highest BCUT2D eigenvalue weighted by molar-refractivity contribution is 5.90. The number of nitro groups is 1. The monoisotopic (exact) mass is 304 g/mol. The lowest BCUT2D eigenvalue weighted by atomic mass is 10.3. The summed E-state index contributed by atoms with van der Waals surface area (Å²) in [7, 11) is 0. The zero-order valence-corrected chi connectivity index (χ0v) is 12.3. The number of anilines is 1. The van der Waals surface area contributed by atoms with E-state index in [4.69, 9.17) is 4.74 Å². The van der Waals surface area contributed by atoms with Crippen LogP contribution in [-0.2, 0) is 11.3 Å². The molecule has 1 amide bonds. The van der Waals surface area contributed by atoms with Crippen molar-refractivity contribution in [3.8, 4) is 5.75 Å². The molecule has 8 heteroatoms. The molecule has 0 aliphatic carbocycles. The average molecular weight is 304 g/mol. The van der Waals surface area contributed by atoms with Gasteiger partial charge in [-0.05, 0) is 38.1 Å². The molecule has 1 N–H and O–H groups in total. The van der Waals surface area contributed by atoms with Crippen molar-refractivity contribution < 1.29 is 14.5 Å². The van der Waals surface area contributed by atoms with E-state index in [9.17, 15) is 14.9 Å². The van der Waals surface area contributed by atoms with Gasteiger partial charge in [-0.25, -0.2) is 0 Å². The molecule has 22 heavy (non-hydrogen) atoms. The Morgan fingerprint density at radius 1 is 1.41 bits per heavy atom. The maximum Gasteiger partial charge on any atom is 0.309 e. The second-order valence-electron chi connectivity index (χ2n) is 4.54. The third-order valence-electron chi connectivity index (χ3n) is 3.02. The van der Waals surface area contributed by atoms with E-state index in [1.165, 1.54) is 4.68 Å². The third kappa shape index (κ3) is 3.60. The second kappa shape index (κ2) is 6.70. The minimum absolute atomic E-state index is 0.0904. The first-order valence-corrected chi connectivity index (χ1v) is 6.70. The van der Waals surface area contributed by atoms with Gasteiger partial charge in [-0.1, -0.05) is 0 Å². The Morgan fingerprint density at radius 3 is 2.64 bits per heavy atom. The van der Waals surface area contributed by atoms with Gasteiger partial charge in [-0.3, -0.25) is 19.6 Å². The number of benzene rings is 1. The highest BCUT2D eigenvalue weighted by Crippen LogP contribution is 2.17. The Hall–Kier alpha value is -2.90. The summed E-state index contributed by atoms with van der Waals surface area (Å²) in [4.78, 5) is 22.2. The average Bonchev–Trinajstić information content (AvgIpc) is 2.83. The minimum Gasteiger partial charge on any atom is -0.494 e. The highest BCUT2D eigenvalue weighted by Gasteiger charge is 2.17. The lowest BCUT2D eigenvalue weighted by Crippen LogP contribution is -2.20. The van der Waals surface area contributed by atoms with E-state index in [2.05, 4.69) is 10.4 Å². The lowest BCUT2D eigenvalue weighted by molar-refractivity contribution is -0.385. The fourth-order valence-corrected chi connectivity index (χ4v) is 1.91. The SMILES string of the molecule is CCOc1ccc(NC(=O)Cn2ncc([N+](=O)[O-])c2C)cc1. The van der Waals surface area contributed by atoms with Crippen LogP contribution in [0, 0.1) is 17.0 Å². The number of rotatable bonds is 6. The number of nitrogens with one attached hydrogen (secondary N) is 1. The maximum absolute atomic E-state index is 12.0. The number of nitrogens with zero attached hydrogens (tertiary/aromatic N) is 3. The van der Waals surface area contributed by atoms with Gasteiger partial charge in [-0.15, -0.1) is 0 Å². The number of carbonyl (C=O) groups is 1. The highest BCUT2D eigenvalue weighted by atomic mass is 16.6. The summed E-state index contributed by atoms with van der Waals surface area (Å²) >= 11 is 0. The summed E-state index contributed by atoms with van der Waals surface area (Å²) in [6.07, 6.45) is 1.14. The quantitative estimate of drug-likeness (QED) is 0.651. The van der Waals surface area contributed by atoms with Gasteiger partial charge in [0.1, 0.15) is 24.2 Å². The molecular weight excluding hydrogens is 288 g/mol. The van der Waals surface area contributed by atoms with Crippen LogP contribution in [-0.4, -0.2) is 27.2 Å². The summed E-state index contributed by atoms with van der Waals surface area (Å²) in [5.74, 6) is 0.407. The molecule has 1 aromatic carbocycles. The molecular formula is C14H16N4O4. The standard InChI is InChI=1S/C14H16N4O4/c1-3-22-12-6-4-11(5-7-12)16-14(19)9-17-10(2)13(8-15-17)18(20)21/h4-8H,3,9H2,1-2H3,(H,16,19). The molecule has 0 saturated heterocycles. The molecule has 2 aromatic rings. The Bertz CT molecular complexity index is 679. The van der Waals surface area contributed by atoms with Crippen molar-refractivity contribution in [2.24, 2.45) is 0 Å². The molecule has 0 fully saturated rings. The van der Waals surface area contributed by atoms with Crippen molar-refractivity contribution in [3.05, 3.63) is 46.3 Å². The smallest absolute Gasteiger partial charge is 0.309 e. The van der Waals surface area contributed by atoms with E-state index in [1.54, 1.807) is 31.2 Å². The van der Waals surface area contributed by atoms with Gasteiger partial charge >= 0.3 is 5.69 Å². The zero-order chi connectivity index (χ0) is 16.1. The summed E-state index contributed by atoms with van der Waals surface area (Å²) in [5, 5.41) is 17.3. The molecule has 2 rings (SSSR count). The molecule has 0 saturated carbocycles. The molecule has 0 aliphatic heterocycles. The first-order chi connectivity index (χ1) is 10.5. The first-order valence-electron chi connectivity index (χ1n) is 6.70. The van der Waals surface area contributed by atoms with Crippen LogP contribution in [0.4, 0.5) is 11.4 Å². The van der Waals surface area contributed by atoms with Gasteiger partial charge < -0.3 is 10.1 Å². The molecule has 0 aliphatic rings. The molecule has 8 nitrogen and oxygen atoms in total. The number of hydrogen-bond donors (Lipinski definition) is 1. The van der Waals surface area contributed by atoms with E-state index in [0.29, 0.717) is 18.0 Å². The van der Waals surface area contributed by atoms with Gasteiger partial charge in [0.2, 0.25) is 5.91 Å². The number of carbonyl (C=O) groups excluding carboxylic acids is 1. The predicted molar refractivity (Wildman–Crippen MR) is 79.9 cm³/mol. The largest absolute Gasteiger partial charge is 0.494 e. The molecule has 1 heterocycles. The second-order valence-corrected chi connectivity index (χ2v) is 4.54. The molecule has 116 valence electrons. The number of aromatic nitrogens is 2. The normalized spacial score (nSPS) is 10.3. The van der Waals surface area contributed by atoms with Crippen LogP contribution in [0.1, 0.15) is 12.6 Å². The van der Waals surface area contributed by atoms with E-state index < -0.39 is 4.92 Å². The molecule has 1 aromatic heterocycles. The van der Waals surface area contributed by atoms with Gasteiger partial charge in [-0.2, -0.15) is 5.10 Å². The lowest BCUT2D eigenvalue weighted by Gasteiger charge is -2.08. The molecule has 0 atom stereocenters. The fourth-order valence-electron chi connectivity index (χ4n) is 1.91. The summed E-state index contributed by atoms with van der Waals surface area (Å²) in [6, 6.07) is 6.95. The number of amides is 1. The van der Waals surface area contributed by atoms with Crippen LogP contribution >= 0.6 is 0 Å². The molecule has 0 spiro atoms. The van der Waals surface area contributed by atoms with E-state index in [-0.39, 0.29) is 18.1 Å². The number of ether oxygens (including phenoxy) is 1. The van der Waals surface area contributed by atoms with Crippen LogP contribution in [0.3, 0.4) is 0 Å². The molecule has 0 radical (unpaired) electrons. The molecule has 0 unspecified atom stereocenters. The van der Waals surface area contributed by atoms with Crippen molar-refractivity contribution in [2.75, 3.05) is 11.9 Å². The van der Waals surface area contributed by atoms with Gasteiger partial charge in [0.25, 0.3) is 0 Å². The van der Waals surface area contributed by atoms with Crippen LogP contribution < -0.4 is 10.1 Å². The molecule has 0 bridgehead atoms. The van der Waals surface area contributed by atoms with E-state index in [0.717, 1.165) is 11.9 Å². The van der Waals surface area contributed by atoms with Gasteiger partial charge in [0.15, 0.2) is 0 Å². The maximum atomic E-state index is 12.0. The van der Waals surface area contributed by atoms with Crippen LogP contribution in [0.5, 0.6) is 5.75 Å². The van der Waals surface area contributed by atoms with Crippen molar-refractivity contribution in [1.29, 1.82) is 0 Å². The summed E-state index contributed by atoms with van der Waals surface area (Å²) in [6.45, 7) is 3.92. The Kier molecular flexibility index (Phi) is 4.72.